The van der Waals surface area contributed by atoms with E-state index in [4.69, 9.17) is 32.7 Å². The predicted molar refractivity (Wildman–Crippen MR) is 122 cm³/mol. The fourth-order valence-corrected chi connectivity index (χ4v) is 4.87. The maximum atomic E-state index is 13.3. The zero-order valence-corrected chi connectivity index (χ0v) is 19.2. The van der Waals surface area contributed by atoms with Crippen molar-refractivity contribution in [3.05, 3.63) is 82.3 Å². The minimum atomic E-state index is -4.28. The van der Waals surface area contributed by atoms with Gasteiger partial charge in [-0.3, -0.25) is 9.10 Å². The minimum Gasteiger partial charge on any atom is -0.497 e. The summed E-state index contributed by atoms with van der Waals surface area (Å²) in [4.78, 5) is 11.4. The van der Waals surface area contributed by atoms with Crippen molar-refractivity contribution >= 4 is 44.9 Å². The fourth-order valence-electron chi connectivity index (χ4n) is 2.85. The van der Waals surface area contributed by atoms with Gasteiger partial charge >= 0.3 is 5.97 Å². The Balaban J connectivity index is 2.01. The van der Waals surface area contributed by atoms with Crippen molar-refractivity contribution in [1.29, 1.82) is 0 Å². The Kier molecular flexibility index (Phi) is 7.50. The fraction of sp³-hybridized carbons (Fsp3) is 0.136. The number of hydrogen-bond acceptors (Lipinski definition) is 5. The van der Waals surface area contributed by atoms with Crippen LogP contribution in [0.5, 0.6) is 11.5 Å². The molecule has 0 saturated heterocycles. The van der Waals surface area contributed by atoms with Gasteiger partial charge in [0.2, 0.25) is 0 Å². The number of halogens is 2. The van der Waals surface area contributed by atoms with Gasteiger partial charge in [-0.2, -0.15) is 0 Å². The molecule has 0 aliphatic rings. The van der Waals surface area contributed by atoms with Gasteiger partial charge in [0.05, 0.1) is 27.7 Å². The molecule has 0 atom stereocenters. The zero-order chi connectivity index (χ0) is 23.3. The Morgan fingerprint density at radius 1 is 1.00 bits per heavy atom. The molecule has 0 radical (unpaired) electrons. The molecule has 32 heavy (non-hydrogen) atoms. The van der Waals surface area contributed by atoms with Gasteiger partial charge in [-0.25, -0.2) is 8.42 Å². The average Bonchev–Trinajstić information content (AvgIpc) is 2.78. The number of carbonyl (C=O) groups is 1. The monoisotopic (exact) mass is 495 g/mol. The molecular formula is C22H19Cl2NO6S. The van der Waals surface area contributed by atoms with Crippen LogP contribution in [0.1, 0.15) is 5.56 Å². The van der Waals surface area contributed by atoms with Gasteiger partial charge < -0.3 is 14.6 Å². The number of benzene rings is 3. The summed E-state index contributed by atoms with van der Waals surface area (Å²) in [5.74, 6) is -0.745. The van der Waals surface area contributed by atoms with Crippen molar-refractivity contribution in [2.45, 2.75) is 11.5 Å². The summed E-state index contributed by atoms with van der Waals surface area (Å²) in [6, 6.07) is 17.5. The van der Waals surface area contributed by atoms with Crippen LogP contribution in [0.2, 0.25) is 10.0 Å². The molecule has 0 aromatic heterocycles. The van der Waals surface area contributed by atoms with Crippen molar-refractivity contribution < 1.29 is 27.8 Å². The van der Waals surface area contributed by atoms with Crippen LogP contribution in [0, 0.1) is 0 Å². The summed E-state index contributed by atoms with van der Waals surface area (Å²) < 4.78 is 38.1. The van der Waals surface area contributed by atoms with Crippen LogP contribution in [0.25, 0.3) is 0 Å². The van der Waals surface area contributed by atoms with Gasteiger partial charge in [0.15, 0.2) is 0 Å². The van der Waals surface area contributed by atoms with Gasteiger partial charge in [-0.05, 0) is 35.9 Å². The average molecular weight is 496 g/mol. The molecule has 0 heterocycles. The quantitative estimate of drug-likeness (QED) is 0.455. The lowest BCUT2D eigenvalue weighted by Gasteiger charge is -2.24. The third-order valence-electron chi connectivity index (χ3n) is 4.43. The van der Waals surface area contributed by atoms with Gasteiger partial charge in [-0.15, -0.1) is 0 Å². The van der Waals surface area contributed by atoms with E-state index in [1.165, 1.54) is 43.5 Å². The molecule has 0 unspecified atom stereocenters. The largest absolute Gasteiger partial charge is 0.497 e. The molecule has 1 N–H and O–H groups in total. The molecule has 3 aromatic carbocycles. The number of anilines is 1. The summed E-state index contributed by atoms with van der Waals surface area (Å²) >= 11 is 12.5. The molecule has 0 bridgehead atoms. The molecule has 10 heteroatoms. The first kappa shape index (κ1) is 23.7. The lowest BCUT2D eigenvalue weighted by atomic mass is 10.2. The summed E-state index contributed by atoms with van der Waals surface area (Å²) in [5.41, 5.74) is 0.797. The van der Waals surface area contributed by atoms with Crippen molar-refractivity contribution in [3.63, 3.8) is 0 Å². The van der Waals surface area contributed by atoms with E-state index in [0.29, 0.717) is 10.1 Å². The predicted octanol–water partition coefficient (Wildman–Crippen LogP) is 4.86. The van der Waals surface area contributed by atoms with Gasteiger partial charge in [0.1, 0.15) is 24.7 Å². The SMILES string of the molecule is COc1ccc(S(=O)(=O)N(CC(=O)O)c2cc(OCc3ccccc3)c(Cl)cc2Cl)cc1. The maximum absolute atomic E-state index is 13.3. The Hall–Kier alpha value is -2.94. The van der Waals surface area contributed by atoms with Crippen LogP contribution in [0.4, 0.5) is 5.69 Å². The number of methoxy groups -OCH3 is 1. The number of carboxylic acids is 1. The second kappa shape index (κ2) is 10.1. The third kappa shape index (κ3) is 5.45. The molecular weight excluding hydrogens is 477 g/mol. The van der Waals surface area contributed by atoms with Crippen LogP contribution in [0.15, 0.2) is 71.6 Å². The first-order valence-electron chi connectivity index (χ1n) is 9.26. The number of hydrogen-bond donors (Lipinski definition) is 1. The van der Waals surface area contributed by atoms with E-state index in [1.807, 2.05) is 30.3 Å². The lowest BCUT2D eigenvalue weighted by Crippen LogP contribution is -2.36. The minimum absolute atomic E-state index is 0.0413. The zero-order valence-electron chi connectivity index (χ0n) is 16.9. The number of nitrogens with zero attached hydrogens (tertiary/aromatic N) is 1. The number of sulfonamides is 1. The highest BCUT2D eigenvalue weighted by Gasteiger charge is 2.30. The topological polar surface area (TPSA) is 93.1 Å². The maximum Gasteiger partial charge on any atom is 0.324 e. The number of aliphatic carboxylic acids is 1. The second-order valence-corrected chi connectivity index (χ2v) is 9.27. The molecule has 0 aliphatic carbocycles. The van der Waals surface area contributed by atoms with E-state index in [9.17, 15) is 18.3 Å². The van der Waals surface area contributed by atoms with Gasteiger partial charge in [0.25, 0.3) is 10.0 Å². The number of rotatable bonds is 9. The molecule has 0 aliphatic heterocycles. The molecule has 0 spiro atoms. The summed E-state index contributed by atoms with van der Waals surface area (Å²) in [6.45, 7) is -0.681. The normalized spacial score (nSPS) is 11.1. The van der Waals surface area contributed by atoms with Crippen LogP contribution in [-0.2, 0) is 21.4 Å². The highest BCUT2D eigenvalue weighted by Crippen LogP contribution is 2.39. The van der Waals surface area contributed by atoms with Crippen molar-refractivity contribution in [2.75, 3.05) is 18.0 Å². The molecule has 3 rings (SSSR count). The molecule has 7 nitrogen and oxygen atoms in total. The van der Waals surface area contributed by atoms with Gasteiger partial charge in [0, 0.05) is 6.07 Å². The molecule has 0 saturated carbocycles. The number of ether oxygens (including phenoxy) is 2. The smallest absolute Gasteiger partial charge is 0.324 e. The van der Waals surface area contributed by atoms with Crippen LogP contribution in [-0.4, -0.2) is 33.1 Å². The highest BCUT2D eigenvalue weighted by atomic mass is 35.5. The van der Waals surface area contributed by atoms with E-state index in [2.05, 4.69) is 0 Å². The second-order valence-electron chi connectivity index (χ2n) is 6.59. The molecule has 168 valence electrons. The first-order chi connectivity index (χ1) is 15.2. The summed E-state index contributed by atoms with van der Waals surface area (Å²) in [7, 11) is -2.83. The Morgan fingerprint density at radius 2 is 1.66 bits per heavy atom. The van der Waals surface area contributed by atoms with Crippen LogP contribution in [0.3, 0.4) is 0 Å². The van der Waals surface area contributed by atoms with Crippen LogP contribution >= 0.6 is 23.2 Å². The highest BCUT2D eigenvalue weighted by molar-refractivity contribution is 7.92. The molecule has 0 amide bonds. The van der Waals surface area contributed by atoms with Crippen LogP contribution < -0.4 is 13.8 Å². The lowest BCUT2D eigenvalue weighted by molar-refractivity contribution is -0.135. The molecule has 3 aromatic rings. The Labute approximate surface area is 195 Å². The summed E-state index contributed by atoms with van der Waals surface area (Å²) in [5, 5.41) is 9.50. The third-order valence-corrected chi connectivity index (χ3v) is 6.81. The van der Waals surface area contributed by atoms with Gasteiger partial charge in [-0.1, -0.05) is 53.5 Å². The Morgan fingerprint density at radius 3 is 2.25 bits per heavy atom. The van der Waals surface area contributed by atoms with E-state index < -0.39 is 22.5 Å². The van der Waals surface area contributed by atoms with Crippen molar-refractivity contribution in [1.82, 2.24) is 0 Å². The van der Waals surface area contributed by atoms with E-state index in [0.717, 1.165) is 5.56 Å². The van der Waals surface area contributed by atoms with Crippen molar-refractivity contribution in [2.24, 2.45) is 0 Å². The molecule has 0 fully saturated rings. The van der Waals surface area contributed by atoms with E-state index in [-0.39, 0.29) is 33.0 Å². The first-order valence-corrected chi connectivity index (χ1v) is 11.5. The standard InChI is InChI=1S/C22H19Cl2NO6S/c1-30-16-7-9-17(10-8-16)32(28,29)25(13-22(26)27)20-12-21(19(24)11-18(20)23)31-14-15-5-3-2-4-6-15/h2-12H,13-14H2,1H3,(H,26,27). The van der Waals surface area contributed by atoms with Crippen molar-refractivity contribution in [3.8, 4) is 11.5 Å². The summed E-state index contributed by atoms with van der Waals surface area (Å²) in [6.07, 6.45) is 0. The van der Waals surface area contributed by atoms with E-state index in [1.54, 1.807) is 0 Å². The van der Waals surface area contributed by atoms with E-state index >= 15 is 0 Å². The Bertz CT molecular complexity index is 1200. The number of carboxylic acid groups (broad SMARTS) is 1.